The van der Waals surface area contributed by atoms with Crippen molar-refractivity contribution >= 4 is 0 Å². The van der Waals surface area contributed by atoms with Crippen molar-refractivity contribution < 1.29 is 21.4 Å². The zero-order valence-corrected chi connectivity index (χ0v) is 5.38. The van der Waals surface area contributed by atoms with E-state index in [1.807, 2.05) is 0 Å². The molecule has 0 aliphatic heterocycles. The van der Waals surface area contributed by atoms with E-state index < -0.39 is 21.4 Å². The van der Waals surface area contributed by atoms with Gasteiger partial charge in [0, 0.05) is 0 Å². The molecule has 0 rings (SSSR count). The van der Waals surface area contributed by atoms with Crippen LogP contribution in [0.5, 0.6) is 0 Å². The molecule has 0 nitrogen and oxygen atoms in total. The van der Waals surface area contributed by atoms with Crippen LogP contribution in [0.4, 0.5) is 0 Å². The molecule has 0 fully saturated rings. The van der Waals surface area contributed by atoms with Gasteiger partial charge in [0.1, 0.15) is 0 Å². The molecule has 0 bridgehead atoms. The molecule has 0 aliphatic rings. The van der Waals surface area contributed by atoms with E-state index in [1.54, 1.807) is 0 Å². The van der Waals surface area contributed by atoms with Crippen LogP contribution in [-0.4, -0.2) is 0 Å². The van der Waals surface area contributed by atoms with Gasteiger partial charge >= 0.3 is 35.5 Å². The number of hydrogen-bond acceptors (Lipinski definition) is 0. The summed E-state index contributed by atoms with van der Waals surface area (Å²) >= 11 is -0.479. The third kappa shape index (κ3) is 13.3. The Morgan fingerprint density at radius 3 is 1.00 bits per heavy atom. The van der Waals surface area contributed by atoms with Gasteiger partial charge in [-0.3, -0.25) is 0 Å². The molecule has 0 aromatic rings. The van der Waals surface area contributed by atoms with E-state index in [4.69, 9.17) is 0 Å². The normalized spacial score (nSPS) is 6.75. The molecule has 0 aromatic heterocycles. The summed E-state index contributed by atoms with van der Waals surface area (Å²) in [6.07, 6.45) is 0. The zero-order valence-electron chi connectivity index (χ0n) is 3.58. The molecule has 0 aliphatic carbocycles. The van der Waals surface area contributed by atoms with Gasteiger partial charge in [0.2, 0.25) is 0 Å². The van der Waals surface area contributed by atoms with Crippen LogP contribution in [0.2, 0.25) is 14.0 Å². The summed E-state index contributed by atoms with van der Waals surface area (Å²) in [5.74, 6) is 0. The van der Waals surface area contributed by atoms with E-state index >= 15 is 0 Å². The van der Waals surface area contributed by atoms with Gasteiger partial charge in [0.25, 0.3) is 0 Å². The summed E-state index contributed by atoms with van der Waals surface area (Å²) in [6.45, 7) is 0. The van der Waals surface area contributed by atoms with Crippen LogP contribution in [0.25, 0.3) is 0 Å². The second-order valence-corrected chi connectivity index (χ2v) is 7.14. The maximum absolute atomic E-state index is 2.35. The Morgan fingerprint density at radius 2 is 1.00 bits per heavy atom. The molecule has 24 valence electrons. The first-order valence-corrected chi connectivity index (χ1v) is 7.14. The molecule has 0 saturated heterocycles. The van der Waals surface area contributed by atoms with Gasteiger partial charge in [-0.15, -0.1) is 0 Å². The predicted octanol–water partition coefficient (Wildman–Crippen LogP) is 1.75. The van der Waals surface area contributed by atoms with E-state index in [9.17, 15) is 0 Å². The Balaban J connectivity index is 2.32. The molecule has 4 heavy (non-hydrogen) atoms. The van der Waals surface area contributed by atoms with Gasteiger partial charge in [-0.1, -0.05) is 0 Å². The number of hydrogen-bond donors (Lipinski definition) is 0. The van der Waals surface area contributed by atoms with E-state index in [0.29, 0.717) is 0 Å². The Bertz CT molecular complexity index is 8.00. The number of rotatable bonds is 0. The maximum atomic E-state index is 2.35. The molecule has 0 N–H and O–H groups in total. The van der Waals surface area contributed by atoms with E-state index in [-0.39, 0.29) is 0 Å². The molecule has 0 heterocycles. The monoisotopic (exact) mass is 90.0 g/mol. The molecule has 0 saturated carbocycles. The van der Waals surface area contributed by atoms with Gasteiger partial charge in [-0.25, -0.2) is 0 Å². The molecule has 1 heteroatoms. The molecule has 0 unspecified atom stereocenters. The van der Waals surface area contributed by atoms with Crippen LogP contribution in [-0.2, 0) is 21.4 Å². The second kappa shape index (κ2) is 2.13. The second-order valence-electron chi connectivity index (χ2n) is 1.73. The van der Waals surface area contributed by atoms with Gasteiger partial charge in [0.05, 0.1) is 0 Å². The molecule has 0 aromatic carbocycles. The minimum atomic E-state index is -0.479. The van der Waals surface area contributed by atoms with Crippen molar-refractivity contribution in [1.29, 1.82) is 0 Å². The quantitative estimate of drug-likeness (QED) is 0.425. The Kier molecular flexibility index (Phi) is 2.59. The summed E-state index contributed by atoms with van der Waals surface area (Å²) in [7, 11) is 0. The van der Waals surface area contributed by atoms with Crippen molar-refractivity contribution in [2.45, 2.75) is 14.0 Å². The van der Waals surface area contributed by atoms with E-state index in [0.717, 1.165) is 0 Å². The van der Waals surface area contributed by atoms with Crippen LogP contribution in [0.1, 0.15) is 0 Å². The first-order valence-electron chi connectivity index (χ1n) is 1.73. The summed E-state index contributed by atoms with van der Waals surface area (Å²) in [5.41, 5.74) is 0. The Morgan fingerprint density at radius 1 is 1.00 bits per heavy atom. The summed E-state index contributed by atoms with van der Waals surface area (Å²) in [4.78, 5) is 0. The Hall–Kier alpha value is 0.870. The molecular weight excluding hydrogens is 81.0 g/mol. The molecule has 0 radical (unpaired) electrons. The molecule has 0 atom stereocenters. The SMILES string of the molecule is [CH3][Sc]([CH3])[CH3]. The topological polar surface area (TPSA) is 0 Å². The van der Waals surface area contributed by atoms with Crippen molar-refractivity contribution in [3.8, 4) is 0 Å². The Labute approximate surface area is 35.7 Å². The van der Waals surface area contributed by atoms with Crippen LogP contribution >= 0.6 is 0 Å². The predicted molar refractivity (Wildman–Crippen MR) is 17.6 cm³/mol. The van der Waals surface area contributed by atoms with Crippen molar-refractivity contribution in [3.63, 3.8) is 0 Å². The van der Waals surface area contributed by atoms with Crippen LogP contribution in [0, 0.1) is 0 Å². The summed E-state index contributed by atoms with van der Waals surface area (Å²) < 4.78 is 7.06. The molecule has 0 amide bonds. The standard InChI is InChI=1S/3CH3.Sc/h3*1H3;. The van der Waals surface area contributed by atoms with Crippen molar-refractivity contribution in [2.24, 2.45) is 0 Å². The average molecular weight is 90.1 g/mol. The van der Waals surface area contributed by atoms with Crippen LogP contribution in [0.3, 0.4) is 0 Å². The minimum absolute atomic E-state index is 0.479. The van der Waals surface area contributed by atoms with E-state index in [1.165, 1.54) is 0 Å². The third-order valence-corrected chi connectivity index (χ3v) is 0. The fourth-order valence-corrected chi connectivity index (χ4v) is 0. The third-order valence-electron chi connectivity index (χ3n) is 0. The van der Waals surface area contributed by atoms with E-state index in [2.05, 4.69) is 14.0 Å². The van der Waals surface area contributed by atoms with Crippen molar-refractivity contribution in [2.75, 3.05) is 0 Å². The summed E-state index contributed by atoms with van der Waals surface area (Å²) in [5, 5.41) is 0. The van der Waals surface area contributed by atoms with Crippen molar-refractivity contribution in [1.82, 2.24) is 0 Å². The molecule has 0 spiro atoms. The fraction of sp³-hybridized carbons (Fsp3) is 1.00. The van der Waals surface area contributed by atoms with Gasteiger partial charge in [-0.05, 0) is 0 Å². The molecular formula is C3H9Sc. The van der Waals surface area contributed by atoms with Gasteiger partial charge in [0.15, 0.2) is 0 Å². The average Bonchev–Trinajstić information content (AvgIpc) is 0.811. The van der Waals surface area contributed by atoms with Crippen LogP contribution in [0.15, 0.2) is 0 Å². The van der Waals surface area contributed by atoms with Crippen molar-refractivity contribution in [3.05, 3.63) is 0 Å². The first kappa shape index (κ1) is 4.87. The summed E-state index contributed by atoms with van der Waals surface area (Å²) in [6, 6.07) is 0. The van der Waals surface area contributed by atoms with Crippen LogP contribution < -0.4 is 0 Å². The zero-order chi connectivity index (χ0) is 3.58. The fourth-order valence-electron chi connectivity index (χ4n) is 0. The van der Waals surface area contributed by atoms with Gasteiger partial charge < -0.3 is 0 Å². The first-order chi connectivity index (χ1) is 1.73. The van der Waals surface area contributed by atoms with Gasteiger partial charge in [-0.2, -0.15) is 0 Å².